The van der Waals surface area contributed by atoms with E-state index in [2.05, 4.69) is 5.32 Å². The van der Waals surface area contributed by atoms with Crippen molar-refractivity contribution in [1.29, 1.82) is 0 Å². The van der Waals surface area contributed by atoms with Crippen LogP contribution in [0, 0.1) is 0 Å². The number of ether oxygens (including phenoxy) is 2. The number of hydrogen-bond donors (Lipinski definition) is 1. The number of β-lactam (4-membered cyclic amide) rings is 1. The van der Waals surface area contributed by atoms with Crippen LogP contribution in [0.15, 0.2) is 0 Å². The van der Waals surface area contributed by atoms with Crippen LogP contribution in [0.5, 0.6) is 0 Å². The Morgan fingerprint density at radius 2 is 1.84 bits per heavy atom. The number of amides is 2. The predicted octanol–water partition coefficient (Wildman–Crippen LogP) is 1.92. The van der Waals surface area contributed by atoms with Gasteiger partial charge in [0.25, 0.3) is 5.91 Å². The van der Waals surface area contributed by atoms with E-state index in [1.54, 1.807) is 27.7 Å². The fourth-order valence-corrected chi connectivity index (χ4v) is 2.92. The average molecular weight is 356 g/mol. The summed E-state index contributed by atoms with van der Waals surface area (Å²) in [4.78, 5) is 40.8. The number of carbonyl (C=O) groups excluding carboxylic acids is 3. The first-order valence-corrected chi connectivity index (χ1v) is 8.82. The van der Waals surface area contributed by atoms with Crippen molar-refractivity contribution in [3.05, 3.63) is 0 Å². The van der Waals surface area contributed by atoms with Crippen LogP contribution in [-0.4, -0.2) is 53.4 Å². The second-order valence-electron chi connectivity index (χ2n) is 7.55. The first-order chi connectivity index (χ1) is 11.7. The van der Waals surface area contributed by atoms with E-state index in [9.17, 15) is 14.4 Å². The zero-order chi connectivity index (χ0) is 18.6. The summed E-state index contributed by atoms with van der Waals surface area (Å²) < 4.78 is 10.5. The van der Waals surface area contributed by atoms with Crippen molar-refractivity contribution < 1.29 is 28.7 Å². The van der Waals surface area contributed by atoms with E-state index in [1.165, 1.54) is 6.42 Å². The van der Waals surface area contributed by atoms with Gasteiger partial charge < -0.3 is 14.8 Å². The lowest BCUT2D eigenvalue weighted by atomic mass is 9.98. The molecule has 2 amide bonds. The van der Waals surface area contributed by atoms with E-state index in [-0.39, 0.29) is 18.8 Å². The molecular weight excluding hydrogens is 328 g/mol. The number of nitrogens with one attached hydrogen (secondary N) is 1. The lowest BCUT2D eigenvalue weighted by Crippen LogP contribution is -2.69. The zero-order valence-electron chi connectivity index (χ0n) is 15.4. The monoisotopic (exact) mass is 356 g/mol. The normalized spacial score (nSPS) is 24.5. The molecule has 1 N–H and O–H groups in total. The number of nitrogens with zero attached hydrogens (tertiary/aromatic N) is 1. The Morgan fingerprint density at radius 1 is 1.20 bits per heavy atom. The van der Waals surface area contributed by atoms with Crippen molar-refractivity contribution in [3.63, 3.8) is 0 Å². The summed E-state index contributed by atoms with van der Waals surface area (Å²) in [6, 6.07) is -1.10. The van der Waals surface area contributed by atoms with Crippen molar-refractivity contribution in [1.82, 2.24) is 10.4 Å². The minimum atomic E-state index is -0.718. The number of esters is 1. The third-order valence-corrected chi connectivity index (χ3v) is 4.18. The standard InChI is InChI=1S/C17H28N2O6/c1-11-14(18-16(22)25-17(2,3)4)15(21)19(11)23-10-13(20)24-12-8-6-5-7-9-12/h11-12,14H,5-10H2,1-4H3,(H,18,22)/t11-,14-/m0/s1. The van der Waals surface area contributed by atoms with E-state index < -0.39 is 29.6 Å². The highest BCUT2D eigenvalue weighted by Crippen LogP contribution is 2.22. The summed E-state index contributed by atoms with van der Waals surface area (Å²) in [6.45, 7) is 6.63. The molecule has 2 aliphatic rings. The van der Waals surface area contributed by atoms with Gasteiger partial charge in [-0.1, -0.05) is 6.42 Å². The Bertz CT molecular complexity index is 510. The molecule has 1 heterocycles. The summed E-state index contributed by atoms with van der Waals surface area (Å²) in [5.74, 6) is -0.890. The van der Waals surface area contributed by atoms with Gasteiger partial charge in [-0.15, -0.1) is 0 Å². The van der Waals surface area contributed by atoms with Gasteiger partial charge in [-0.25, -0.2) is 14.7 Å². The van der Waals surface area contributed by atoms with E-state index >= 15 is 0 Å². The maximum absolute atomic E-state index is 12.1. The van der Waals surface area contributed by atoms with E-state index in [0.717, 1.165) is 30.7 Å². The number of hydrogen-bond acceptors (Lipinski definition) is 6. The van der Waals surface area contributed by atoms with Gasteiger partial charge >= 0.3 is 12.1 Å². The average Bonchev–Trinajstić information content (AvgIpc) is 2.52. The Labute approximate surface area is 148 Å². The summed E-state index contributed by atoms with van der Waals surface area (Å²) in [6.07, 6.45) is 4.37. The molecule has 1 saturated heterocycles. The molecule has 0 radical (unpaired) electrons. The van der Waals surface area contributed by atoms with Gasteiger partial charge in [-0.3, -0.25) is 9.63 Å². The van der Waals surface area contributed by atoms with Crippen LogP contribution < -0.4 is 5.32 Å². The molecule has 8 nitrogen and oxygen atoms in total. The summed E-state index contributed by atoms with van der Waals surface area (Å²) in [5, 5.41) is 3.59. The molecule has 0 bridgehead atoms. The lowest BCUT2D eigenvalue weighted by Gasteiger charge is -2.43. The van der Waals surface area contributed by atoms with Crippen molar-refractivity contribution >= 4 is 18.0 Å². The van der Waals surface area contributed by atoms with Crippen LogP contribution >= 0.6 is 0 Å². The van der Waals surface area contributed by atoms with Gasteiger partial charge in [0, 0.05) is 0 Å². The third kappa shape index (κ3) is 5.59. The van der Waals surface area contributed by atoms with Crippen molar-refractivity contribution in [2.45, 2.75) is 83.6 Å². The van der Waals surface area contributed by atoms with Gasteiger partial charge in [0.1, 0.15) is 17.7 Å². The Balaban J connectivity index is 1.71. The summed E-state index contributed by atoms with van der Waals surface area (Å²) in [5.41, 5.74) is -0.640. The van der Waals surface area contributed by atoms with Crippen molar-refractivity contribution in [2.75, 3.05) is 6.61 Å². The molecule has 1 aliphatic heterocycles. The van der Waals surface area contributed by atoms with E-state index in [0.29, 0.717) is 0 Å². The fraction of sp³-hybridized carbons (Fsp3) is 0.824. The molecule has 142 valence electrons. The smallest absolute Gasteiger partial charge is 0.408 e. The molecule has 0 aromatic carbocycles. The van der Waals surface area contributed by atoms with Crippen LogP contribution in [0.3, 0.4) is 0 Å². The van der Waals surface area contributed by atoms with Crippen LogP contribution in [0.2, 0.25) is 0 Å². The quantitative estimate of drug-likeness (QED) is 0.597. The van der Waals surface area contributed by atoms with Gasteiger partial charge in [-0.05, 0) is 53.4 Å². The molecule has 2 rings (SSSR count). The molecule has 1 saturated carbocycles. The highest BCUT2D eigenvalue weighted by molar-refractivity contribution is 5.91. The molecular formula is C17H28N2O6. The summed E-state index contributed by atoms with van der Waals surface area (Å²) in [7, 11) is 0. The SMILES string of the molecule is C[C@H]1[C@H](NC(=O)OC(C)(C)C)C(=O)N1OCC(=O)OC1CCCCC1. The fourth-order valence-electron chi connectivity index (χ4n) is 2.92. The molecule has 0 spiro atoms. The second-order valence-corrected chi connectivity index (χ2v) is 7.55. The van der Waals surface area contributed by atoms with Gasteiger partial charge in [0.15, 0.2) is 6.61 Å². The first-order valence-electron chi connectivity index (χ1n) is 8.82. The largest absolute Gasteiger partial charge is 0.461 e. The van der Waals surface area contributed by atoms with Gasteiger partial charge in [0.05, 0.1) is 6.04 Å². The van der Waals surface area contributed by atoms with Crippen molar-refractivity contribution in [2.24, 2.45) is 0 Å². The van der Waals surface area contributed by atoms with Crippen LogP contribution in [0.1, 0.15) is 59.8 Å². The predicted molar refractivity (Wildman–Crippen MR) is 88.4 cm³/mol. The minimum absolute atomic E-state index is 0.0454. The zero-order valence-corrected chi connectivity index (χ0v) is 15.4. The topological polar surface area (TPSA) is 94.2 Å². The minimum Gasteiger partial charge on any atom is -0.461 e. The van der Waals surface area contributed by atoms with Crippen LogP contribution in [-0.2, 0) is 23.9 Å². The van der Waals surface area contributed by atoms with Crippen molar-refractivity contribution in [3.8, 4) is 0 Å². The maximum Gasteiger partial charge on any atom is 0.408 e. The molecule has 0 aromatic heterocycles. The van der Waals surface area contributed by atoms with Gasteiger partial charge in [0.2, 0.25) is 0 Å². The highest BCUT2D eigenvalue weighted by atomic mass is 16.7. The molecule has 25 heavy (non-hydrogen) atoms. The Kier molecular flexibility index (Phi) is 6.26. The van der Waals surface area contributed by atoms with E-state index in [4.69, 9.17) is 14.3 Å². The molecule has 0 aromatic rings. The van der Waals surface area contributed by atoms with Gasteiger partial charge in [-0.2, -0.15) is 0 Å². The maximum atomic E-state index is 12.1. The van der Waals surface area contributed by atoms with E-state index in [1.807, 2.05) is 0 Å². The number of rotatable bonds is 5. The molecule has 2 fully saturated rings. The molecule has 2 atom stereocenters. The first kappa shape index (κ1) is 19.5. The third-order valence-electron chi connectivity index (χ3n) is 4.18. The second kappa shape index (κ2) is 8.03. The van der Waals surface area contributed by atoms with Crippen LogP contribution in [0.25, 0.3) is 0 Å². The Morgan fingerprint density at radius 3 is 2.40 bits per heavy atom. The molecule has 8 heteroatoms. The summed E-state index contributed by atoms with van der Waals surface area (Å²) >= 11 is 0. The molecule has 1 aliphatic carbocycles. The molecule has 0 unspecified atom stereocenters. The van der Waals surface area contributed by atoms with Crippen LogP contribution in [0.4, 0.5) is 4.79 Å². The lowest BCUT2D eigenvalue weighted by molar-refractivity contribution is -0.235. The number of alkyl carbamates (subject to hydrolysis) is 1. The Hall–Kier alpha value is -1.83. The number of hydroxylamine groups is 2. The highest BCUT2D eigenvalue weighted by Gasteiger charge is 2.47. The number of carbonyl (C=O) groups is 3.